The number of amides is 1. The van der Waals surface area contributed by atoms with E-state index in [4.69, 9.17) is 0 Å². The van der Waals surface area contributed by atoms with Crippen LogP contribution in [0.1, 0.15) is 0 Å². The predicted molar refractivity (Wildman–Crippen MR) is 55.8 cm³/mol. The summed E-state index contributed by atoms with van der Waals surface area (Å²) >= 11 is 0. The molecule has 1 fully saturated rings. The van der Waals surface area contributed by atoms with Gasteiger partial charge in [-0.2, -0.15) is 4.98 Å². The monoisotopic (exact) mass is 207 g/mol. The van der Waals surface area contributed by atoms with E-state index in [-0.39, 0.29) is 11.8 Å². The van der Waals surface area contributed by atoms with Gasteiger partial charge in [0.15, 0.2) is 0 Å². The maximum atomic E-state index is 11.5. The Kier molecular flexibility index (Phi) is 2.45. The van der Waals surface area contributed by atoms with Gasteiger partial charge < -0.3 is 14.9 Å². The molecule has 1 aliphatic rings. The van der Waals surface area contributed by atoms with Gasteiger partial charge in [-0.1, -0.05) is 6.07 Å². The molecule has 0 radical (unpaired) electrons. The first kappa shape index (κ1) is 9.76. The van der Waals surface area contributed by atoms with Gasteiger partial charge >= 0.3 is 0 Å². The van der Waals surface area contributed by atoms with Gasteiger partial charge in [0, 0.05) is 26.2 Å². The van der Waals surface area contributed by atoms with E-state index < -0.39 is 0 Å². The van der Waals surface area contributed by atoms with Crippen molar-refractivity contribution in [1.82, 2.24) is 9.88 Å². The molecule has 0 unspecified atom stereocenters. The molecule has 0 saturated carbocycles. The fourth-order valence-electron chi connectivity index (χ4n) is 1.54. The van der Waals surface area contributed by atoms with Crippen molar-refractivity contribution in [1.29, 1.82) is 0 Å². The topological polar surface area (TPSA) is 56.7 Å². The minimum atomic E-state index is -0.0149. The van der Waals surface area contributed by atoms with Crippen molar-refractivity contribution < 1.29 is 9.90 Å². The Labute approximate surface area is 87.9 Å². The standard InChI is InChI=1S/C10H13N3O2/c1-12-5-6-13(7-10(12)15)8-3-2-4-9(14)11-8/h2-4H,5-7H2,1H3,(H,11,14). The Hall–Kier alpha value is -1.78. The average Bonchev–Trinajstić information content (AvgIpc) is 2.22. The average molecular weight is 207 g/mol. The number of hydrogen-bond acceptors (Lipinski definition) is 4. The van der Waals surface area contributed by atoms with Crippen LogP contribution >= 0.6 is 0 Å². The van der Waals surface area contributed by atoms with E-state index in [9.17, 15) is 9.90 Å². The largest absolute Gasteiger partial charge is 0.493 e. The Balaban J connectivity index is 2.15. The molecular formula is C10H13N3O2. The molecule has 80 valence electrons. The highest BCUT2D eigenvalue weighted by Crippen LogP contribution is 2.16. The van der Waals surface area contributed by atoms with E-state index in [0.717, 1.165) is 6.54 Å². The number of carbonyl (C=O) groups is 1. The van der Waals surface area contributed by atoms with E-state index in [2.05, 4.69) is 4.98 Å². The maximum Gasteiger partial charge on any atom is 0.241 e. The second kappa shape index (κ2) is 3.76. The fraction of sp³-hybridized carbons (Fsp3) is 0.400. The lowest BCUT2D eigenvalue weighted by atomic mass is 10.3. The lowest BCUT2D eigenvalue weighted by Crippen LogP contribution is -2.48. The zero-order valence-corrected chi connectivity index (χ0v) is 8.55. The number of aromatic nitrogens is 1. The number of nitrogens with zero attached hydrogens (tertiary/aromatic N) is 3. The number of carbonyl (C=O) groups excluding carboxylic acids is 1. The second-order valence-corrected chi connectivity index (χ2v) is 3.59. The zero-order chi connectivity index (χ0) is 10.8. The first-order valence-corrected chi connectivity index (χ1v) is 4.82. The summed E-state index contributed by atoms with van der Waals surface area (Å²) in [6.45, 7) is 1.77. The molecule has 1 aromatic heterocycles. The second-order valence-electron chi connectivity index (χ2n) is 3.59. The molecule has 1 aliphatic heterocycles. The maximum absolute atomic E-state index is 11.5. The third-order valence-electron chi connectivity index (χ3n) is 2.50. The minimum absolute atomic E-state index is 0.0149. The Morgan fingerprint density at radius 1 is 1.40 bits per heavy atom. The molecule has 1 aromatic rings. The summed E-state index contributed by atoms with van der Waals surface area (Å²) in [5.41, 5.74) is 0. The van der Waals surface area contributed by atoms with Gasteiger partial charge in [-0.25, -0.2) is 0 Å². The molecule has 2 heterocycles. The fourth-order valence-corrected chi connectivity index (χ4v) is 1.54. The number of aromatic hydroxyl groups is 1. The van der Waals surface area contributed by atoms with E-state index in [1.54, 1.807) is 24.1 Å². The van der Waals surface area contributed by atoms with Crippen molar-refractivity contribution in [3.8, 4) is 5.88 Å². The third-order valence-corrected chi connectivity index (χ3v) is 2.50. The molecular weight excluding hydrogens is 194 g/mol. The smallest absolute Gasteiger partial charge is 0.241 e. The SMILES string of the molecule is CN1CCN(c2cccc(O)n2)CC1=O. The molecule has 2 rings (SSSR count). The van der Waals surface area contributed by atoms with Crippen molar-refractivity contribution in [3.05, 3.63) is 18.2 Å². The van der Waals surface area contributed by atoms with E-state index >= 15 is 0 Å². The molecule has 15 heavy (non-hydrogen) atoms. The van der Waals surface area contributed by atoms with Crippen LogP contribution in [0.25, 0.3) is 0 Å². The van der Waals surface area contributed by atoms with Crippen LogP contribution in [0.15, 0.2) is 18.2 Å². The van der Waals surface area contributed by atoms with Crippen LogP contribution < -0.4 is 4.90 Å². The summed E-state index contributed by atoms with van der Waals surface area (Å²) in [6.07, 6.45) is 0. The van der Waals surface area contributed by atoms with Crippen molar-refractivity contribution in [3.63, 3.8) is 0 Å². The Morgan fingerprint density at radius 3 is 2.87 bits per heavy atom. The quantitative estimate of drug-likeness (QED) is 0.707. The molecule has 0 atom stereocenters. The van der Waals surface area contributed by atoms with Gasteiger partial charge in [-0.05, 0) is 6.07 Å². The molecule has 0 aromatic carbocycles. The van der Waals surface area contributed by atoms with Crippen LogP contribution in [0.5, 0.6) is 5.88 Å². The number of likely N-dealkylation sites (N-methyl/N-ethyl adjacent to an activating group) is 1. The van der Waals surface area contributed by atoms with Crippen molar-refractivity contribution in [2.45, 2.75) is 0 Å². The molecule has 0 aliphatic carbocycles. The summed E-state index contributed by atoms with van der Waals surface area (Å²) < 4.78 is 0. The molecule has 5 nitrogen and oxygen atoms in total. The van der Waals surface area contributed by atoms with Crippen molar-refractivity contribution in [2.24, 2.45) is 0 Å². The first-order valence-electron chi connectivity index (χ1n) is 4.82. The summed E-state index contributed by atoms with van der Waals surface area (Å²) in [5, 5.41) is 9.23. The molecule has 0 bridgehead atoms. The van der Waals surface area contributed by atoms with Gasteiger partial charge in [-0.15, -0.1) is 0 Å². The van der Waals surface area contributed by atoms with E-state index in [1.165, 1.54) is 6.07 Å². The van der Waals surface area contributed by atoms with E-state index in [0.29, 0.717) is 18.9 Å². The Bertz CT molecular complexity index is 381. The lowest BCUT2D eigenvalue weighted by molar-refractivity contribution is -0.129. The number of anilines is 1. The molecule has 1 N–H and O–H groups in total. The van der Waals surface area contributed by atoms with Crippen LogP contribution in [-0.4, -0.2) is 47.6 Å². The van der Waals surface area contributed by atoms with Gasteiger partial charge in [0.2, 0.25) is 11.8 Å². The van der Waals surface area contributed by atoms with Crippen molar-refractivity contribution in [2.75, 3.05) is 31.6 Å². The molecule has 5 heteroatoms. The highest BCUT2D eigenvalue weighted by Gasteiger charge is 2.21. The summed E-state index contributed by atoms with van der Waals surface area (Å²) in [4.78, 5) is 19.0. The zero-order valence-electron chi connectivity index (χ0n) is 8.55. The van der Waals surface area contributed by atoms with Gasteiger partial charge in [0.25, 0.3) is 0 Å². The lowest BCUT2D eigenvalue weighted by Gasteiger charge is -2.32. The van der Waals surface area contributed by atoms with Gasteiger partial charge in [-0.3, -0.25) is 4.79 Å². The number of rotatable bonds is 1. The summed E-state index contributed by atoms with van der Waals surface area (Å²) in [5.74, 6) is 0.710. The molecule has 0 spiro atoms. The van der Waals surface area contributed by atoms with Crippen LogP contribution in [0.3, 0.4) is 0 Å². The highest BCUT2D eigenvalue weighted by molar-refractivity contribution is 5.82. The summed E-state index contributed by atoms with van der Waals surface area (Å²) in [6, 6.07) is 5.03. The molecule has 1 saturated heterocycles. The summed E-state index contributed by atoms with van der Waals surface area (Å²) in [7, 11) is 1.79. The highest BCUT2D eigenvalue weighted by atomic mass is 16.3. The molecule has 1 amide bonds. The van der Waals surface area contributed by atoms with Gasteiger partial charge in [0.1, 0.15) is 5.82 Å². The minimum Gasteiger partial charge on any atom is -0.493 e. The van der Waals surface area contributed by atoms with Crippen LogP contribution in [-0.2, 0) is 4.79 Å². The third kappa shape index (κ3) is 2.01. The first-order chi connectivity index (χ1) is 7.16. The normalized spacial score (nSPS) is 17.0. The predicted octanol–water partition coefficient (Wildman–Crippen LogP) is 0.0656. The van der Waals surface area contributed by atoms with Crippen LogP contribution in [0.4, 0.5) is 5.82 Å². The van der Waals surface area contributed by atoms with Crippen molar-refractivity contribution >= 4 is 11.7 Å². The Morgan fingerprint density at radius 2 is 2.20 bits per heavy atom. The van der Waals surface area contributed by atoms with Gasteiger partial charge in [0.05, 0.1) is 6.54 Å². The van der Waals surface area contributed by atoms with E-state index in [1.807, 2.05) is 4.90 Å². The van der Waals surface area contributed by atoms with Crippen LogP contribution in [0, 0.1) is 0 Å². The number of hydrogen-bond donors (Lipinski definition) is 1. The van der Waals surface area contributed by atoms with Crippen LogP contribution in [0.2, 0.25) is 0 Å². The number of pyridine rings is 1. The number of piperazine rings is 1.